The van der Waals surface area contributed by atoms with Gasteiger partial charge >= 0.3 is 0 Å². The Morgan fingerprint density at radius 2 is 2.26 bits per heavy atom. The third-order valence-electron chi connectivity index (χ3n) is 4.01. The van der Waals surface area contributed by atoms with Gasteiger partial charge in [0.2, 0.25) is 0 Å². The molecule has 0 aliphatic carbocycles. The van der Waals surface area contributed by atoms with Crippen LogP contribution >= 0.6 is 0 Å². The molecule has 2 rings (SSSR count). The summed E-state index contributed by atoms with van der Waals surface area (Å²) in [5.41, 5.74) is 1.57. The monoisotopic (exact) mass is 266 g/mol. The van der Waals surface area contributed by atoms with Gasteiger partial charge in [0.15, 0.2) is 0 Å². The van der Waals surface area contributed by atoms with Crippen molar-refractivity contribution in [3.05, 3.63) is 29.6 Å². The number of benzene rings is 1. The van der Waals surface area contributed by atoms with Gasteiger partial charge in [-0.05, 0) is 51.6 Å². The van der Waals surface area contributed by atoms with Crippen LogP contribution < -0.4 is 4.90 Å². The van der Waals surface area contributed by atoms with E-state index < -0.39 is 6.10 Å². The Labute approximate surface area is 114 Å². The molecule has 3 nitrogen and oxygen atoms in total. The summed E-state index contributed by atoms with van der Waals surface area (Å²) in [6.07, 6.45) is 1.78. The van der Waals surface area contributed by atoms with Crippen LogP contribution in [0, 0.1) is 5.82 Å². The summed E-state index contributed by atoms with van der Waals surface area (Å²) in [5.74, 6) is -0.300. The third kappa shape index (κ3) is 3.25. The Bertz CT molecular complexity index is 436. The van der Waals surface area contributed by atoms with E-state index in [9.17, 15) is 9.50 Å². The predicted molar refractivity (Wildman–Crippen MR) is 76.0 cm³/mol. The van der Waals surface area contributed by atoms with Crippen molar-refractivity contribution in [1.29, 1.82) is 0 Å². The van der Waals surface area contributed by atoms with Crippen LogP contribution in [0.4, 0.5) is 10.1 Å². The van der Waals surface area contributed by atoms with Crippen LogP contribution in [-0.2, 0) is 0 Å². The molecule has 1 heterocycles. The number of hydrogen-bond acceptors (Lipinski definition) is 3. The predicted octanol–water partition coefficient (Wildman–Crippen LogP) is 2.41. The van der Waals surface area contributed by atoms with Gasteiger partial charge in [0.25, 0.3) is 0 Å². The van der Waals surface area contributed by atoms with Crippen molar-refractivity contribution in [1.82, 2.24) is 4.90 Å². The van der Waals surface area contributed by atoms with Gasteiger partial charge in [-0.25, -0.2) is 4.39 Å². The van der Waals surface area contributed by atoms with Gasteiger partial charge in [-0.1, -0.05) is 0 Å². The van der Waals surface area contributed by atoms with Gasteiger partial charge < -0.3 is 14.9 Å². The van der Waals surface area contributed by atoms with Crippen LogP contribution in [0.1, 0.15) is 31.4 Å². The first-order chi connectivity index (χ1) is 8.99. The highest BCUT2D eigenvalue weighted by molar-refractivity contribution is 5.54. The molecule has 2 atom stereocenters. The number of aliphatic hydroxyl groups is 1. The van der Waals surface area contributed by atoms with Crippen molar-refractivity contribution in [2.75, 3.05) is 32.1 Å². The number of nitrogens with zero attached hydrogens (tertiary/aromatic N) is 2. The maximum Gasteiger partial charge on any atom is 0.123 e. The number of rotatable bonds is 4. The molecule has 106 valence electrons. The van der Waals surface area contributed by atoms with Crippen molar-refractivity contribution in [2.24, 2.45) is 0 Å². The topological polar surface area (TPSA) is 26.7 Å². The SMILES string of the molecule is C[C@H](O)c1cc(F)ccc1N(C)CC1CCCN1C. The van der Waals surface area contributed by atoms with E-state index >= 15 is 0 Å². The first-order valence-electron chi connectivity index (χ1n) is 6.88. The fraction of sp³-hybridized carbons (Fsp3) is 0.600. The molecule has 1 saturated heterocycles. The standard InChI is InChI=1S/C15H23FN2O/c1-11(19)14-9-12(16)6-7-15(14)18(3)10-13-5-4-8-17(13)2/h6-7,9,11,13,19H,4-5,8,10H2,1-3H3/t11-,13?/m0/s1. The molecule has 0 amide bonds. The Morgan fingerprint density at radius 1 is 1.53 bits per heavy atom. The average molecular weight is 266 g/mol. The molecule has 1 unspecified atom stereocenters. The van der Waals surface area contributed by atoms with E-state index in [-0.39, 0.29) is 5.82 Å². The number of aliphatic hydroxyl groups excluding tert-OH is 1. The Balaban J connectivity index is 2.16. The zero-order chi connectivity index (χ0) is 14.0. The van der Waals surface area contributed by atoms with Crippen molar-refractivity contribution in [2.45, 2.75) is 31.9 Å². The molecule has 1 N–H and O–H groups in total. The van der Waals surface area contributed by atoms with Crippen molar-refractivity contribution in [3.8, 4) is 0 Å². The summed E-state index contributed by atoms with van der Waals surface area (Å²) in [5, 5.41) is 9.79. The fourth-order valence-electron chi connectivity index (χ4n) is 2.83. The second-order valence-electron chi connectivity index (χ2n) is 5.54. The third-order valence-corrected chi connectivity index (χ3v) is 4.01. The largest absolute Gasteiger partial charge is 0.389 e. The van der Waals surface area contributed by atoms with Crippen LogP contribution in [0.25, 0.3) is 0 Å². The maximum absolute atomic E-state index is 13.3. The van der Waals surface area contributed by atoms with Crippen LogP contribution in [0.3, 0.4) is 0 Å². The second kappa shape index (κ2) is 5.88. The number of likely N-dealkylation sites (N-methyl/N-ethyl adjacent to an activating group) is 2. The number of anilines is 1. The molecule has 0 spiro atoms. The highest BCUT2D eigenvalue weighted by atomic mass is 19.1. The molecule has 0 aromatic heterocycles. The Hall–Kier alpha value is -1.13. The highest BCUT2D eigenvalue weighted by Gasteiger charge is 2.23. The van der Waals surface area contributed by atoms with Crippen LogP contribution in [0.2, 0.25) is 0 Å². The summed E-state index contributed by atoms with van der Waals surface area (Å²) in [6, 6.07) is 5.17. The zero-order valence-electron chi connectivity index (χ0n) is 11.9. The quantitative estimate of drug-likeness (QED) is 0.906. The van der Waals surface area contributed by atoms with E-state index in [1.807, 2.05) is 7.05 Å². The van der Waals surface area contributed by atoms with Crippen LogP contribution in [-0.4, -0.2) is 43.2 Å². The molecule has 0 radical (unpaired) electrons. The fourth-order valence-corrected chi connectivity index (χ4v) is 2.83. The first kappa shape index (κ1) is 14.3. The lowest BCUT2D eigenvalue weighted by atomic mass is 10.1. The summed E-state index contributed by atoms with van der Waals surface area (Å²) < 4.78 is 13.3. The van der Waals surface area contributed by atoms with Gasteiger partial charge in [0.05, 0.1) is 6.10 Å². The molecule has 0 saturated carbocycles. The summed E-state index contributed by atoms with van der Waals surface area (Å²) in [6.45, 7) is 3.72. The molecule has 1 aliphatic rings. The molecule has 1 aliphatic heterocycles. The average Bonchev–Trinajstić information content (AvgIpc) is 2.74. The van der Waals surface area contributed by atoms with E-state index in [2.05, 4.69) is 16.8 Å². The van der Waals surface area contributed by atoms with Gasteiger partial charge in [-0.15, -0.1) is 0 Å². The van der Waals surface area contributed by atoms with Gasteiger partial charge in [-0.2, -0.15) is 0 Å². The zero-order valence-corrected chi connectivity index (χ0v) is 11.9. The lowest BCUT2D eigenvalue weighted by Crippen LogP contribution is -2.37. The van der Waals surface area contributed by atoms with Crippen LogP contribution in [0.15, 0.2) is 18.2 Å². The van der Waals surface area contributed by atoms with Crippen molar-refractivity contribution < 1.29 is 9.50 Å². The van der Waals surface area contributed by atoms with Crippen molar-refractivity contribution in [3.63, 3.8) is 0 Å². The Kier molecular flexibility index (Phi) is 4.42. The van der Waals surface area contributed by atoms with E-state index in [1.54, 1.807) is 13.0 Å². The van der Waals surface area contributed by atoms with E-state index in [0.29, 0.717) is 11.6 Å². The van der Waals surface area contributed by atoms with Gasteiger partial charge in [-0.3, -0.25) is 0 Å². The highest BCUT2D eigenvalue weighted by Crippen LogP contribution is 2.28. The van der Waals surface area contributed by atoms with E-state index in [4.69, 9.17) is 0 Å². The van der Waals surface area contributed by atoms with Crippen molar-refractivity contribution >= 4 is 5.69 Å². The molecule has 1 fully saturated rings. The molecule has 19 heavy (non-hydrogen) atoms. The molecular formula is C15H23FN2O. The minimum absolute atomic E-state index is 0.300. The summed E-state index contributed by atoms with van der Waals surface area (Å²) in [4.78, 5) is 4.48. The molecule has 1 aromatic carbocycles. The summed E-state index contributed by atoms with van der Waals surface area (Å²) in [7, 11) is 4.15. The minimum Gasteiger partial charge on any atom is -0.389 e. The number of likely N-dealkylation sites (tertiary alicyclic amines) is 1. The maximum atomic E-state index is 13.3. The molecule has 1 aromatic rings. The normalized spacial score (nSPS) is 21.6. The number of halogens is 1. The lowest BCUT2D eigenvalue weighted by Gasteiger charge is -2.29. The molecule has 0 bridgehead atoms. The molecule has 4 heteroatoms. The lowest BCUT2D eigenvalue weighted by molar-refractivity contribution is 0.199. The van der Waals surface area contributed by atoms with Gasteiger partial charge in [0, 0.05) is 30.9 Å². The smallest absolute Gasteiger partial charge is 0.123 e. The first-order valence-corrected chi connectivity index (χ1v) is 6.88. The Morgan fingerprint density at radius 3 is 2.84 bits per heavy atom. The van der Waals surface area contributed by atoms with E-state index in [1.165, 1.54) is 25.0 Å². The van der Waals surface area contributed by atoms with Crippen LogP contribution in [0.5, 0.6) is 0 Å². The number of hydrogen-bond donors (Lipinski definition) is 1. The second-order valence-corrected chi connectivity index (χ2v) is 5.54. The minimum atomic E-state index is -0.658. The van der Waals surface area contributed by atoms with Gasteiger partial charge in [0.1, 0.15) is 5.82 Å². The summed E-state index contributed by atoms with van der Waals surface area (Å²) >= 11 is 0. The molecular weight excluding hydrogens is 243 g/mol. The van der Waals surface area contributed by atoms with E-state index in [0.717, 1.165) is 18.8 Å².